The molecule has 0 spiro atoms. The van der Waals surface area contributed by atoms with Gasteiger partial charge in [-0.2, -0.15) is 0 Å². The Bertz CT molecular complexity index is 1200. The molecule has 1 aliphatic heterocycles. The second kappa shape index (κ2) is 10.4. The van der Waals surface area contributed by atoms with Gasteiger partial charge in [-0.3, -0.25) is 14.4 Å². The van der Waals surface area contributed by atoms with Crippen LogP contribution in [0.5, 0.6) is 0 Å². The summed E-state index contributed by atoms with van der Waals surface area (Å²) in [5.74, 6) is -2.12. The molecular formula is C23H22ClF2N5O3. The van der Waals surface area contributed by atoms with E-state index in [0.29, 0.717) is 5.69 Å². The molecule has 11 heteroatoms. The van der Waals surface area contributed by atoms with E-state index in [9.17, 15) is 23.2 Å². The summed E-state index contributed by atoms with van der Waals surface area (Å²) in [7, 11) is 1.44. The van der Waals surface area contributed by atoms with Gasteiger partial charge in [-0.25, -0.2) is 13.8 Å². The fourth-order valence-corrected chi connectivity index (χ4v) is 3.48. The summed E-state index contributed by atoms with van der Waals surface area (Å²) in [6.07, 6.45) is 0. The Balaban J connectivity index is 0.000000343. The van der Waals surface area contributed by atoms with Gasteiger partial charge in [-0.15, -0.1) is 0 Å². The third-order valence-electron chi connectivity index (χ3n) is 5.00. The molecule has 34 heavy (non-hydrogen) atoms. The van der Waals surface area contributed by atoms with Crippen LogP contribution in [0.3, 0.4) is 0 Å². The summed E-state index contributed by atoms with van der Waals surface area (Å²) in [6.45, 7) is 3.64. The first kappa shape index (κ1) is 24.8. The van der Waals surface area contributed by atoms with E-state index in [1.807, 2.05) is 6.92 Å². The molecule has 0 saturated carbocycles. The molecule has 1 atom stereocenters. The van der Waals surface area contributed by atoms with Crippen LogP contribution < -0.4 is 16.0 Å². The van der Waals surface area contributed by atoms with E-state index in [0.717, 1.165) is 17.7 Å². The van der Waals surface area contributed by atoms with Crippen LogP contribution in [0.25, 0.3) is 0 Å². The van der Waals surface area contributed by atoms with Gasteiger partial charge in [0.05, 0.1) is 12.2 Å². The number of amides is 3. The van der Waals surface area contributed by atoms with Crippen molar-refractivity contribution in [2.24, 2.45) is 0 Å². The van der Waals surface area contributed by atoms with Crippen LogP contribution >= 0.6 is 11.6 Å². The second-order valence-electron chi connectivity index (χ2n) is 7.48. The Morgan fingerprint density at radius 2 is 1.79 bits per heavy atom. The summed E-state index contributed by atoms with van der Waals surface area (Å²) in [5.41, 5.74) is 1.56. The molecule has 1 aliphatic rings. The van der Waals surface area contributed by atoms with Crippen LogP contribution in [0.1, 0.15) is 45.2 Å². The first-order valence-corrected chi connectivity index (χ1v) is 10.6. The first-order valence-electron chi connectivity index (χ1n) is 10.2. The molecule has 0 bridgehead atoms. The largest absolute Gasteiger partial charge is 0.352 e. The highest BCUT2D eigenvalue weighted by molar-refractivity contribution is 6.31. The number of rotatable bonds is 3. The summed E-state index contributed by atoms with van der Waals surface area (Å²) >= 11 is 5.77. The van der Waals surface area contributed by atoms with Crippen molar-refractivity contribution in [2.75, 3.05) is 12.4 Å². The maximum absolute atomic E-state index is 13.5. The second-order valence-corrected chi connectivity index (χ2v) is 7.92. The summed E-state index contributed by atoms with van der Waals surface area (Å²) in [5, 5.41) is 7.74. The van der Waals surface area contributed by atoms with E-state index in [2.05, 4.69) is 20.9 Å². The lowest BCUT2D eigenvalue weighted by atomic mass is 10.2. The molecule has 3 amide bonds. The van der Waals surface area contributed by atoms with E-state index >= 15 is 0 Å². The number of carbonyl (C=O) groups excluding carboxylic acids is 3. The molecule has 2 aromatic carbocycles. The zero-order chi connectivity index (χ0) is 25.0. The molecule has 3 N–H and O–H groups in total. The number of aryl methyl sites for hydroxylation is 1. The monoisotopic (exact) mass is 489 g/mol. The maximum atomic E-state index is 13.5. The van der Waals surface area contributed by atoms with Gasteiger partial charge >= 0.3 is 0 Å². The van der Waals surface area contributed by atoms with Gasteiger partial charge in [-0.1, -0.05) is 29.3 Å². The molecule has 0 aliphatic carbocycles. The molecule has 1 aromatic heterocycles. The Kier molecular flexibility index (Phi) is 7.62. The van der Waals surface area contributed by atoms with Crippen LogP contribution in [0.2, 0.25) is 5.02 Å². The van der Waals surface area contributed by atoms with Gasteiger partial charge in [0.25, 0.3) is 11.8 Å². The Labute approximate surface area is 199 Å². The number of carbonyl (C=O) groups is 3. The van der Waals surface area contributed by atoms with Crippen LogP contribution in [0.15, 0.2) is 42.5 Å². The van der Waals surface area contributed by atoms with Crippen molar-refractivity contribution in [1.82, 2.24) is 20.2 Å². The number of imidazole rings is 1. The Morgan fingerprint density at radius 3 is 2.38 bits per heavy atom. The number of fused-ring (bicyclic) bond motifs is 1. The minimum absolute atomic E-state index is 0.00238. The number of hydrogen-bond donors (Lipinski definition) is 3. The first-order chi connectivity index (χ1) is 16.1. The molecule has 0 radical (unpaired) electrons. The zero-order valence-electron chi connectivity index (χ0n) is 18.6. The van der Waals surface area contributed by atoms with E-state index in [4.69, 9.17) is 11.6 Å². The van der Waals surface area contributed by atoms with E-state index in [1.165, 1.54) is 29.8 Å². The smallest absolute Gasteiger partial charge is 0.287 e. The van der Waals surface area contributed by atoms with E-state index in [-0.39, 0.29) is 40.5 Å². The van der Waals surface area contributed by atoms with Gasteiger partial charge in [0.1, 0.15) is 17.7 Å². The van der Waals surface area contributed by atoms with Gasteiger partial charge in [0.15, 0.2) is 5.82 Å². The van der Waals surface area contributed by atoms with E-state index < -0.39 is 23.7 Å². The number of nitrogens with zero attached hydrogens (tertiary/aromatic N) is 2. The standard InChI is InChI=1S/C16H15ClFN5O3.C7H7F/c1-7-14(24)20-6-11-12(21-13(23(7)11)16(26)19-2)22-15(25)8-3-9(17)5-10(18)4-8;1-6-2-4-7(8)5-3-6/h3-5,7H,6H2,1-2H3,(H,19,26)(H,20,24)(H,22,25);2-5H,1H3. The Morgan fingerprint density at radius 1 is 1.12 bits per heavy atom. The molecule has 4 rings (SSSR count). The van der Waals surface area contributed by atoms with Crippen molar-refractivity contribution < 1.29 is 23.2 Å². The normalized spacial score (nSPS) is 14.3. The van der Waals surface area contributed by atoms with Crippen molar-refractivity contribution >= 4 is 35.1 Å². The summed E-state index contributed by atoms with van der Waals surface area (Å²) < 4.78 is 27.0. The van der Waals surface area contributed by atoms with Gasteiger partial charge < -0.3 is 20.5 Å². The molecule has 0 fully saturated rings. The minimum Gasteiger partial charge on any atom is -0.352 e. The van der Waals surface area contributed by atoms with Crippen LogP contribution in [0, 0.1) is 18.6 Å². The number of nitrogens with one attached hydrogen (secondary N) is 3. The molecule has 0 saturated heterocycles. The lowest BCUT2D eigenvalue weighted by molar-refractivity contribution is -0.125. The predicted molar refractivity (Wildman–Crippen MR) is 123 cm³/mol. The summed E-state index contributed by atoms with van der Waals surface area (Å²) in [6, 6.07) is 9.15. The molecule has 8 nitrogen and oxygen atoms in total. The molecule has 1 unspecified atom stereocenters. The number of anilines is 1. The van der Waals surface area contributed by atoms with Gasteiger partial charge in [-0.05, 0) is 44.2 Å². The SMILES string of the molecule is CNC(=O)c1nc(NC(=O)c2cc(F)cc(Cl)c2)c2n1C(C)C(=O)NC2.Cc1ccc(F)cc1. The topological polar surface area (TPSA) is 105 Å². The third-order valence-corrected chi connectivity index (χ3v) is 5.22. The molecule has 3 aromatic rings. The fraction of sp³-hybridized carbons (Fsp3) is 0.217. The number of halogens is 3. The average Bonchev–Trinajstić information content (AvgIpc) is 3.16. The number of benzene rings is 2. The fourth-order valence-electron chi connectivity index (χ4n) is 3.26. The maximum Gasteiger partial charge on any atom is 0.287 e. The quantitative estimate of drug-likeness (QED) is 0.522. The van der Waals surface area contributed by atoms with Crippen molar-refractivity contribution in [3.8, 4) is 0 Å². The highest BCUT2D eigenvalue weighted by atomic mass is 35.5. The predicted octanol–water partition coefficient (Wildman–Crippen LogP) is 3.61. The van der Waals surface area contributed by atoms with Crippen LogP contribution in [-0.4, -0.2) is 34.3 Å². The minimum atomic E-state index is -0.673. The molecule has 178 valence electrons. The van der Waals surface area contributed by atoms with Crippen LogP contribution in [0.4, 0.5) is 14.6 Å². The Hall–Kier alpha value is -3.79. The third kappa shape index (κ3) is 5.57. The lowest BCUT2D eigenvalue weighted by Gasteiger charge is -2.24. The van der Waals surface area contributed by atoms with Crippen molar-refractivity contribution in [3.05, 3.63) is 81.8 Å². The summed E-state index contributed by atoms with van der Waals surface area (Å²) in [4.78, 5) is 40.6. The lowest BCUT2D eigenvalue weighted by Crippen LogP contribution is -2.39. The molecule has 2 heterocycles. The highest BCUT2D eigenvalue weighted by Crippen LogP contribution is 2.26. The van der Waals surface area contributed by atoms with Crippen LogP contribution in [-0.2, 0) is 11.3 Å². The molecular weight excluding hydrogens is 468 g/mol. The highest BCUT2D eigenvalue weighted by Gasteiger charge is 2.32. The number of aromatic nitrogens is 2. The zero-order valence-corrected chi connectivity index (χ0v) is 19.3. The van der Waals surface area contributed by atoms with E-state index in [1.54, 1.807) is 19.1 Å². The van der Waals surface area contributed by atoms with Crippen molar-refractivity contribution in [1.29, 1.82) is 0 Å². The van der Waals surface area contributed by atoms with Crippen molar-refractivity contribution in [2.45, 2.75) is 26.4 Å². The van der Waals surface area contributed by atoms with Gasteiger partial charge in [0, 0.05) is 17.6 Å². The number of hydrogen-bond acceptors (Lipinski definition) is 4. The van der Waals surface area contributed by atoms with Crippen molar-refractivity contribution in [3.63, 3.8) is 0 Å². The van der Waals surface area contributed by atoms with Gasteiger partial charge in [0.2, 0.25) is 11.7 Å². The average molecular weight is 490 g/mol.